The van der Waals surface area contributed by atoms with Crippen molar-refractivity contribution in [2.75, 3.05) is 5.32 Å². The van der Waals surface area contributed by atoms with E-state index < -0.39 is 0 Å². The summed E-state index contributed by atoms with van der Waals surface area (Å²) >= 11 is 0. The van der Waals surface area contributed by atoms with Crippen LogP contribution in [0.4, 0.5) is 11.4 Å². The Bertz CT molecular complexity index is 2800. The molecule has 0 saturated carbocycles. The molecule has 1 atom stereocenters. The topological polar surface area (TPSA) is 38.3 Å². The highest BCUT2D eigenvalue weighted by atomic mass is 16.3. The second-order valence-electron chi connectivity index (χ2n) is 13.3. The van der Waals surface area contributed by atoms with Crippen molar-refractivity contribution in [3.63, 3.8) is 0 Å². The van der Waals surface area contributed by atoms with E-state index in [0.29, 0.717) is 5.92 Å². The van der Waals surface area contributed by atoms with Crippen LogP contribution < -0.4 is 5.32 Å². The molecule has 9 aromatic rings. The van der Waals surface area contributed by atoms with Gasteiger partial charge in [0.15, 0.2) is 0 Å². The molecule has 242 valence electrons. The summed E-state index contributed by atoms with van der Waals surface area (Å²) in [5.74, 6) is 0.446. The largest absolute Gasteiger partial charge is 0.456 e. The molecule has 1 N–H and O–H groups in total. The highest BCUT2D eigenvalue weighted by Gasteiger charge is 2.17. The van der Waals surface area contributed by atoms with Gasteiger partial charge in [-0.1, -0.05) is 121 Å². The first-order chi connectivity index (χ1) is 25.2. The van der Waals surface area contributed by atoms with Crippen molar-refractivity contribution in [3.05, 3.63) is 182 Å². The van der Waals surface area contributed by atoms with Crippen molar-refractivity contribution in [1.29, 1.82) is 0 Å². The molecule has 2 heterocycles. The molecule has 0 bridgehead atoms. The third kappa shape index (κ3) is 5.22. The fraction of sp³-hybridized carbons (Fsp3) is 0.0417. The molecule has 1 aliphatic carbocycles. The van der Waals surface area contributed by atoms with Crippen LogP contribution in [0.1, 0.15) is 17.9 Å². The molecule has 0 spiro atoms. The highest BCUT2D eigenvalue weighted by molar-refractivity contribution is 6.17. The first kappa shape index (κ1) is 29.3. The number of allylic oxidation sites excluding steroid dienone is 4. The van der Waals surface area contributed by atoms with Gasteiger partial charge >= 0.3 is 0 Å². The van der Waals surface area contributed by atoms with Crippen LogP contribution in [0, 0.1) is 0 Å². The lowest BCUT2D eigenvalue weighted by Crippen LogP contribution is -1.95. The molecule has 10 rings (SSSR count). The maximum atomic E-state index is 6.45. The molecule has 0 fully saturated rings. The molecular weight excluding hydrogens is 623 g/mol. The standard InChI is InChI=1S/C48H33NO2/c1-2-9-31(10-3-1)32-19-21-33(22-20-32)35-11-6-12-37(29-35)39-14-7-17-44-47(39)48-42(15-8-18-45(48)51-44)49-38-26-23-34(24-27-38)36-25-28-41-40-13-4-5-16-43(40)50-46(41)30-36/h1-9,11-31,49H,10H2. The Hall–Kier alpha value is -6.58. The maximum Gasteiger partial charge on any atom is 0.137 e. The second kappa shape index (κ2) is 12.1. The lowest BCUT2D eigenvalue weighted by atomic mass is 9.90. The first-order valence-electron chi connectivity index (χ1n) is 17.5. The van der Waals surface area contributed by atoms with Crippen molar-refractivity contribution in [3.8, 4) is 33.4 Å². The average Bonchev–Trinajstić information content (AvgIpc) is 3.77. The number of fused-ring (bicyclic) bond motifs is 6. The summed E-state index contributed by atoms with van der Waals surface area (Å²) in [6.07, 6.45) is 9.85. The van der Waals surface area contributed by atoms with Crippen LogP contribution in [0.2, 0.25) is 0 Å². The van der Waals surface area contributed by atoms with Crippen LogP contribution in [0.25, 0.3) is 77.3 Å². The minimum Gasteiger partial charge on any atom is -0.456 e. The summed E-state index contributed by atoms with van der Waals surface area (Å²) in [4.78, 5) is 0. The molecule has 0 amide bonds. The van der Waals surface area contributed by atoms with Gasteiger partial charge in [0, 0.05) is 27.8 Å². The molecule has 3 nitrogen and oxygen atoms in total. The molecule has 0 aliphatic heterocycles. The number of hydrogen-bond acceptors (Lipinski definition) is 3. The molecule has 0 saturated heterocycles. The van der Waals surface area contributed by atoms with Crippen molar-refractivity contribution < 1.29 is 8.83 Å². The molecular formula is C48H33NO2. The summed E-state index contributed by atoms with van der Waals surface area (Å²) in [7, 11) is 0. The van der Waals surface area contributed by atoms with Crippen LogP contribution >= 0.6 is 0 Å². The zero-order valence-corrected chi connectivity index (χ0v) is 27.8. The Morgan fingerprint density at radius 3 is 1.98 bits per heavy atom. The summed E-state index contributed by atoms with van der Waals surface area (Å²) < 4.78 is 12.6. The van der Waals surface area contributed by atoms with E-state index in [9.17, 15) is 0 Å². The molecule has 1 aliphatic rings. The van der Waals surface area contributed by atoms with Gasteiger partial charge in [0.1, 0.15) is 22.3 Å². The number of para-hydroxylation sites is 1. The Morgan fingerprint density at radius 2 is 1.14 bits per heavy atom. The number of nitrogens with one attached hydrogen (secondary N) is 1. The van der Waals surface area contributed by atoms with E-state index >= 15 is 0 Å². The minimum atomic E-state index is 0.446. The van der Waals surface area contributed by atoms with Crippen molar-refractivity contribution in [2.45, 2.75) is 12.3 Å². The normalized spacial score (nSPS) is 14.2. The van der Waals surface area contributed by atoms with E-state index in [1.54, 1.807) is 0 Å². The van der Waals surface area contributed by atoms with E-state index in [2.05, 4.69) is 163 Å². The van der Waals surface area contributed by atoms with E-state index in [-0.39, 0.29) is 0 Å². The van der Waals surface area contributed by atoms with E-state index in [4.69, 9.17) is 8.83 Å². The minimum absolute atomic E-state index is 0.446. The van der Waals surface area contributed by atoms with Crippen molar-refractivity contribution in [1.82, 2.24) is 0 Å². The van der Waals surface area contributed by atoms with Crippen LogP contribution in [-0.4, -0.2) is 0 Å². The van der Waals surface area contributed by atoms with Crippen molar-refractivity contribution in [2.24, 2.45) is 0 Å². The number of rotatable bonds is 6. The summed E-state index contributed by atoms with van der Waals surface area (Å²) in [6, 6.07) is 53.7. The SMILES string of the molecule is C1=CCC(c2ccc(-c3cccc(-c4cccc5oc6cccc(Nc7ccc(-c8ccc9c(c8)oc8ccccc89)cc7)c6c45)c3)cc2)C=C1. The number of furan rings is 2. The fourth-order valence-electron chi connectivity index (χ4n) is 7.64. The average molecular weight is 656 g/mol. The third-order valence-electron chi connectivity index (χ3n) is 10.2. The van der Waals surface area contributed by atoms with Crippen LogP contribution in [-0.2, 0) is 0 Å². The van der Waals surface area contributed by atoms with E-state index in [0.717, 1.165) is 83.9 Å². The van der Waals surface area contributed by atoms with Crippen LogP contribution in [0.5, 0.6) is 0 Å². The lowest BCUT2D eigenvalue weighted by molar-refractivity contribution is 0.668. The number of hydrogen-bond donors (Lipinski definition) is 1. The van der Waals surface area contributed by atoms with E-state index in [1.807, 2.05) is 18.2 Å². The Kier molecular flexibility index (Phi) is 6.95. The third-order valence-corrected chi connectivity index (χ3v) is 10.2. The monoisotopic (exact) mass is 655 g/mol. The number of anilines is 2. The summed E-state index contributed by atoms with van der Waals surface area (Å²) in [5, 5.41) is 8.18. The lowest BCUT2D eigenvalue weighted by Gasteiger charge is -2.14. The van der Waals surface area contributed by atoms with Gasteiger partial charge in [0.2, 0.25) is 0 Å². The molecule has 7 aromatic carbocycles. The Balaban J connectivity index is 0.978. The molecule has 0 radical (unpaired) electrons. The Morgan fingerprint density at radius 1 is 0.471 bits per heavy atom. The van der Waals surface area contributed by atoms with Gasteiger partial charge in [-0.05, 0) is 100.0 Å². The maximum absolute atomic E-state index is 6.45. The number of benzene rings is 7. The van der Waals surface area contributed by atoms with Gasteiger partial charge < -0.3 is 14.2 Å². The predicted molar refractivity (Wildman–Crippen MR) is 213 cm³/mol. The summed E-state index contributed by atoms with van der Waals surface area (Å²) in [5.41, 5.74) is 13.9. The highest BCUT2D eigenvalue weighted by Crippen LogP contribution is 2.42. The van der Waals surface area contributed by atoms with Gasteiger partial charge in [-0.3, -0.25) is 0 Å². The van der Waals surface area contributed by atoms with E-state index in [1.165, 1.54) is 16.7 Å². The van der Waals surface area contributed by atoms with Gasteiger partial charge in [-0.15, -0.1) is 0 Å². The second-order valence-corrected chi connectivity index (χ2v) is 13.3. The summed E-state index contributed by atoms with van der Waals surface area (Å²) in [6.45, 7) is 0. The van der Waals surface area contributed by atoms with Gasteiger partial charge in [0.05, 0.1) is 11.1 Å². The van der Waals surface area contributed by atoms with Crippen molar-refractivity contribution >= 4 is 55.3 Å². The van der Waals surface area contributed by atoms with Gasteiger partial charge in [-0.2, -0.15) is 0 Å². The van der Waals surface area contributed by atoms with Gasteiger partial charge in [-0.25, -0.2) is 0 Å². The zero-order chi connectivity index (χ0) is 33.7. The molecule has 3 heteroatoms. The zero-order valence-electron chi connectivity index (χ0n) is 27.8. The predicted octanol–water partition coefficient (Wildman–Crippen LogP) is 13.8. The van der Waals surface area contributed by atoms with Crippen LogP contribution in [0.15, 0.2) is 185 Å². The van der Waals surface area contributed by atoms with Gasteiger partial charge in [0.25, 0.3) is 0 Å². The molecule has 1 unspecified atom stereocenters. The quantitative estimate of drug-likeness (QED) is 0.194. The van der Waals surface area contributed by atoms with Crippen LogP contribution in [0.3, 0.4) is 0 Å². The fourth-order valence-corrected chi connectivity index (χ4v) is 7.64. The molecule has 51 heavy (non-hydrogen) atoms. The first-order valence-corrected chi connectivity index (χ1v) is 17.5. The smallest absolute Gasteiger partial charge is 0.137 e. The Labute approximate surface area is 295 Å². The molecule has 2 aromatic heterocycles.